The first kappa shape index (κ1) is 21.1. The maximum absolute atomic E-state index is 9.39. The Labute approximate surface area is 172 Å². The molecule has 0 amide bonds. The van der Waals surface area contributed by atoms with Crippen molar-refractivity contribution in [2.24, 2.45) is 5.92 Å². The Kier molecular flexibility index (Phi) is 8.15. The standard InChI is InChI=1S/C27H38O/c1-3-5-6-7-8-21-9-12-24(13-10-21)25-14-16-26(17-15-25)27-18-11-22(20-28)19-23(27)4-2/h11,14-19,21,24,28H,3-10,12-13,20H2,1-2H3. The van der Waals surface area contributed by atoms with Gasteiger partial charge in [0.2, 0.25) is 0 Å². The maximum atomic E-state index is 9.39. The highest BCUT2D eigenvalue weighted by Crippen LogP contribution is 2.38. The molecule has 0 spiro atoms. The molecule has 0 saturated heterocycles. The maximum Gasteiger partial charge on any atom is 0.0681 e. The normalized spacial score (nSPS) is 19.7. The molecule has 1 aliphatic carbocycles. The lowest BCUT2D eigenvalue weighted by Crippen LogP contribution is -2.13. The zero-order chi connectivity index (χ0) is 19.8. The molecule has 152 valence electrons. The predicted octanol–water partition coefficient (Wildman–Crippen LogP) is 7.65. The Morgan fingerprint density at radius 1 is 0.857 bits per heavy atom. The number of aliphatic hydroxyl groups excluding tert-OH is 1. The van der Waals surface area contributed by atoms with E-state index in [1.165, 1.54) is 80.0 Å². The molecule has 1 heteroatoms. The number of hydrogen-bond donors (Lipinski definition) is 1. The second-order valence-electron chi connectivity index (χ2n) is 8.69. The van der Waals surface area contributed by atoms with Crippen LogP contribution in [0.2, 0.25) is 0 Å². The number of hydrogen-bond acceptors (Lipinski definition) is 1. The SMILES string of the molecule is CCCCCCC1CCC(c2ccc(-c3ccc(CO)cc3CC)cc2)CC1. The first-order valence-corrected chi connectivity index (χ1v) is 11.6. The van der Waals surface area contributed by atoms with Crippen LogP contribution in [-0.2, 0) is 13.0 Å². The van der Waals surface area contributed by atoms with E-state index in [9.17, 15) is 5.11 Å². The highest BCUT2D eigenvalue weighted by molar-refractivity contribution is 5.68. The second-order valence-corrected chi connectivity index (χ2v) is 8.69. The minimum atomic E-state index is 0.119. The van der Waals surface area contributed by atoms with Gasteiger partial charge in [-0.3, -0.25) is 0 Å². The predicted molar refractivity (Wildman–Crippen MR) is 121 cm³/mol. The fourth-order valence-corrected chi connectivity index (χ4v) is 4.90. The molecule has 2 aromatic rings. The van der Waals surface area contributed by atoms with E-state index >= 15 is 0 Å². The van der Waals surface area contributed by atoms with Crippen LogP contribution in [0.15, 0.2) is 42.5 Å². The summed E-state index contributed by atoms with van der Waals surface area (Å²) in [5.41, 5.74) is 6.46. The second kappa shape index (κ2) is 10.8. The molecule has 1 fully saturated rings. The van der Waals surface area contributed by atoms with Crippen LogP contribution in [0.5, 0.6) is 0 Å². The Balaban J connectivity index is 1.58. The number of aliphatic hydroxyl groups is 1. The molecule has 0 atom stereocenters. The average molecular weight is 379 g/mol. The van der Waals surface area contributed by atoms with Gasteiger partial charge in [-0.15, -0.1) is 0 Å². The lowest BCUT2D eigenvalue weighted by atomic mass is 9.77. The molecular weight excluding hydrogens is 340 g/mol. The minimum Gasteiger partial charge on any atom is -0.392 e. The summed E-state index contributed by atoms with van der Waals surface area (Å²) >= 11 is 0. The van der Waals surface area contributed by atoms with Gasteiger partial charge >= 0.3 is 0 Å². The van der Waals surface area contributed by atoms with Crippen molar-refractivity contribution in [3.63, 3.8) is 0 Å². The Hall–Kier alpha value is -1.60. The van der Waals surface area contributed by atoms with E-state index in [0.717, 1.165) is 23.8 Å². The molecule has 0 heterocycles. The summed E-state index contributed by atoms with van der Waals surface area (Å²) in [7, 11) is 0. The monoisotopic (exact) mass is 378 g/mol. The fraction of sp³-hybridized carbons (Fsp3) is 0.556. The first-order chi connectivity index (χ1) is 13.7. The first-order valence-electron chi connectivity index (χ1n) is 11.6. The molecule has 1 nitrogen and oxygen atoms in total. The molecule has 0 radical (unpaired) electrons. The molecule has 0 bridgehead atoms. The topological polar surface area (TPSA) is 20.2 Å². The zero-order valence-corrected chi connectivity index (χ0v) is 17.9. The molecule has 2 aromatic carbocycles. The zero-order valence-electron chi connectivity index (χ0n) is 17.9. The van der Waals surface area contributed by atoms with Gasteiger partial charge in [0.05, 0.1) is 6.61 Å². The summed E-state index contributed by atoms with van der Waals surface area (Å²) in [4.78, 5) is 0. The van der Waals surface area contributed by atoms with Gasteiger partial charge in [-0.1, -0.05) is 88.4 Å². The third kappa shape index (κ3) is 5.47. The largest absolute Gasteiger partial charge is 0.392 e. The van der Waals surface area contributed by atoms with Crippen molar-refractivity contribution in [1.29, 1.82) is 0 Å². The van der Waals surface area contributed by atoms with E-state index in [2.05, 4.69) is 50.2 Å². The highest BCUT2D eigenvalue weighted by Gasteiger charge is 2.22. The molecule has 1 aliphatic rings. The van der Waals surface area contributed by atoms with Crippen LogP contribution in [0, 0.1) is 5.92 Å². The van der Waals surface area contributed by atoms with Crippen molar-refractivity contribution in [3.8, 4) is 11.1 Å². The van der Waals surface area contributed by atoms with Crippen molar-refractivity contribution in [3.05, 3.63) is 59.2 Å². The van der Waals surface area contributed by atoms with Crippen LogP contribution in [0.1, 0.15) is 94.2 Å². The number of unbranched alkanes of at least 4 members (excludes halogenated alkanes) is 3. The van der Waals surface area contributed by atoms with Crippen molar-refractivity contribution < 1.29 is 5.11 Å². The summed E-state index contributed by atoms with van der Waals surface area (Å²) in [6.07, 6.45) is 13.6. The summed E-state index contributed by atoms with van der Waals surface area (Å²) < 4.78 is 0. The smallest absolute Gasteiger partial charge is 0.0681 e. The van der Waals surface area contributed by atoms with Gasteiger partial charge in [0.15, 0.2) is 0 Å². The Morgan fingerprint density at radius 2 is 1.61 bits per heavy atom. The van der Waals surface area contributed by atoms with Crippen LogP contribution < -0.4 is 0 Å². The van der Waals surface area contributed by atoms with E-state index in [1.807, 2.05) is 6.07 Å². The van der Waals surface area contributed by atoms with Crippen LogP contribution >= 0.6 is 0 Å². The quantitative estimate of drug-likeness (QED) is 0.444. The van der Waals surface area contributed by atoms with E-state index in [-0.39, 0.29) is 6.61 Å². The minimum absolute atomic E-state index is 0.119. The van der Waals surface area contributed by atoms with Gasteiger partial charge in [0, 0.05) is 0 Å². The van der Waals surface area contributed by atoms with Crippen molar-refractivity contribution in [1.82, 2.24) is 0 Å². The number of benzene rings is 2. The van der Waals surface area contributed by atoms with Gasteiger partial charge in [-0.2, -0.15) is 0 Å². The molecule has 28 heavy (non-hydrogen) atoms. The van der Waals surface area contributed by atoms with E-state index in [1.54, 1.807) is 0 Å². The number of rotatable bonds is 9. The van der Waals surface area contributed by atoms with Gasteiger partial charge in [0.25, 0.3) is 0 Å². The van der Waals surface area contributed by atoms with Gasteiger partial charge in [-0.05, 0) is 71.8 Å². The van der Waals surface area contributed by atoms with Crippen LogP contribution in [0.3, 0.4) is 0 Å². The summed E-state index contributed by atoms with van der Waals surface area (Å²) in [5.74, 6) is 1.73. The Morgan fingerprint density at radius 3 is 2.25 bits per heavy atom. The Bertz CT molecular complexity index is 708. The van der Waals surface area contributed by atoms with Crippen molar-refractivity contribution in [2.45, 2.75) is 90.6 Å². The molecule has 3 rings (SSSR count). The molecule has 1 N–H and O–H groups in total. The molecule has 1 saturated carbocycles. The molecule has 0 aromatic heterocycles. The summed E-state index contributed by atoms with van der Waals surface area (Å²) in [6, 6.07) is 15.7. The van der Waals surface area contributed by atoms with E-state index in [4.69, 9.17) is 0 Å². The molecular formula is C27H38O. The summed E-state index contributed by atoms with van der Waals surface area (Å²) in [6.45, 7) is 4.60. The van der Waals surface area contributed by atoms with E-state index < -0.39 is 0 Å². The van der Waals surface area contributed by atoms with Crippen molar-refractivity contribution in [2.75, 3.05) is 0 Å². The third-order valence-corrected chi connectivity index (χ3v) is 6.74. The van der Waals surface area contributed by atoms with Crippen LogP contribution in [0.25, 0.3) is 11.1 Å². The third-order valence-electron chi connectivity index (χ3n) is 6.74. The summed E-state index contributed by atoms with van der Waals surface area (Å²) in [5, 5.41) is 9.39. The van der Waals surface area contributed by atoms with E-state index in [0.29, 0.717) is 0 Å². The van der Waals surface area contributed by atoms with Crippen LogP contribution in [-0.4, -0.2) is 5.11 Å². The fourth-order valence-electron chi connectivity index (χ4n) is 4.90. The van der Waals surface area contributed by atoms with Gasteiger partial charge < -0.3 is 5.11 Å². The highest BCUT2D eigenvalue weighted by atomic mass is 16.3. The van der Waals surface area contributed by atoms with Gasteiger partial charge in [0.1, 0.15) is 0 Å². The van der Waals surface area contributed by atoms with Crippen LogP contribution in [0.4, 0.5) is 0 Å². The lowest BCUT2D eigenvalue weighted by molar-refractivity contribution is 0.282. The van der Waals surface area contributed by atoms with Crippen molar-refractivity contribution >= 4 is 0 Å². The average Bonchev–Trinajstić information content (AvgIpc) is 2.77. The molecule has 0 unspecified atom stereocenters. The lowest BCUT2D eigenvalue weighted by Gasteiger charge is -2.29. The van der Waals surface area contributed by atoms with Gasteiger partial charge in [-0.25, -0.2) is 0 Å². The number of aryl methyl sites for hydroxylation is 1. The molecule has 0 aliphatic heterocycles.